The molecule has 0 radical (unpaired) electrons. The monoisotopic (exact) mass is 344 g/mol. The van der Waals surface area contributed by atoms with Crippen LogP contribution in [0.3, 0.4) is 0 Å². The second-order valence-corrected chi connectivity index (χ2v) is 6.01. The van der Waals surface area contributed by atoms with E-state index in [1.165, 1.54) is 12.1 Å². The number of rotatable bonds is 4. The van der Waals surface area contributed by atoms with Crippen LogP contribution in [0.5, 0.6) is 5.75 Å². The second-order valence-electron chi connectivity index (χ2n) is 6.01. The van der Waals surface area contributed by atoms with Crippen molar-refractivity contribution in [1.82, 2.24) is 5.32 Å². The third-order valence-corrected chi connectivity index (χ3v) is 4.42. The fraction of sp³-hybridized carbons (Fsp3) is 0.316. The summed E-state index contributed by atoms with van der Waals surface area (Å²) in [6, 6.07) is 13.1. The number of ether oxygens (including phenoxy) is 2. The number of hydrogen-bond acceptors (Lipinski definition) is 3. The summed E-state index contributed by atoms with van der Waals surface area (Å²) >= 11 is 0. The average Bonchev–Trinajstić information content (AvgIpc) is 2.63. The first kappa shape index (κ1) is 17.2. The summed E-state index contributed by atoms with van der Waals surface area (Å²) in [5, 5.41) is 5.89. The minimum Gasteiger partial charge on any atom is -0.497 e. The van der Waals surface area contributed by atoms with Gasteiger partial charge in [0.2, 0.25) is 0 Å². The molecule has 2 amide bonds. The van der Waals surface area contributed by atoms with E-state index in [1.807, 2.05) is 6.07 Å². The van der Waals surface area contributed by atoms with Gasteiger partial charge in [0.1, 0.15) is 11.6 Å². The lowest BCUT2D eigenvalue weighted by molar-refractivity contribution is 0.0418. The van der Waals surface area contributed by atoms with Crippen molar-refractivity contribution in [1.29, 1.82) is 0 Å². The van der Waals surface area contributed by atoms with Crippen LogP contribution in [-0.2, 0) is 10.3 Å². The Morgan fingerprint density at radius 3 is 2.56 bits per heavy atom. The lowest BCUT2D eigenvalue weighted by Crippen LogP contribution is -2.50. The van der Waals surface area contributed by atoms with Gasteiger partial charge < -0.3 is 20.1 Å². The first-order valence-electron chi connectivity index (χ1n) is 8.18. The van der Waals surface area contributed by atoms with Gasteiger partial charge in [-0.05, 0) is 42.7 Å². The van der Waals surface area contributed by atoms with Crippen molar-refractivity contribution < 1.29 is 18.7 Å². The van der Waals surface area contributed by atoms with Crippen LogP contribution in [0.1, 0.15) is 18.4 Å². The Balaban J connectivity index is 1.77. The van der Waals surface area contributed by atoms with E-state index in [0.717, 1.165) is 5.56 Å². The molecule has 1 aliphatic heterocycles. The van der Waals surface area contributed by atoms with Gasteiger partial charge in [-0.2, -0.15) is 0 Å². The Morgan fingerprint density at radius 1 is 1.16 bits per heavy atom. The molecule has 0 atom stereocenters. The highest BCUT2D eigenvalue weighted by molar-refractivity contribution is 5.90. The van der Waals surface area contributed by atoms with Crippen molar-refractivity contribution in [2.45, 2.75) is 18.4 Å². The number of methoxy groups -OCH3 is 1. The van der Waals surface area contributed by atoms with Crippen molar-refractivity contribution in [2.75, 3.05) is 25.6 Å². The Morgan fingerprint density at radius 2 is 1.88 bits per heavy atom. The van der Waals surface area contributed by atoms with E-state index >= 15 is 0 Å². The minimum absolute atomic E-state index is 0.299. The fourth-order valence-corrected chi connectivity index (χ4v) is 3.06. The zero-order chi connectivity index (χ0) is 17.7. The molecule has 0 spiro atoms. The first-order valence-corrected chi connectivity index (χ1v) is 8.18. The fourth-order valence-electron chi connectivity index (χ4n) is 3.06. The van der Waals surface area contributed by atoms with Crippen LogP contribution in [0.15, 0.2) is 48.5 Å². The van der Waals surface area contributed by atoms with Gasteiger partial charge in [-0.15, -0.1) is 0 Å². The van der Waals surface area contributed by atoms with E-state index in [1.54, 1.807) is 37.4 Å². The van der Waals surface area contributed by atoms with Gasteiger partial charge in [0.25, 0.3) is 0 Å². The van der Waals surface area contributed by atoms with Crippen LogP contribution in [0.2, 0.25) is 0 Å². The summed E-state index contributed by atoms with van der Waals surface area (Å²) in [5.41, 5.74) is 0.936. The average molecular weight is 344 g/mol. The van der Waals surface area contributed by atoms with Crippen molar-refractivity contribution in [2.24, 2.45) is 0 Å². The molecular weight excluding hydrogens is 323 g/mol. The van der Waals surface area contributed by atoms with E-state index in [-0.39, 0.29) is 11.8 Å². The summed E-state index contributed by atoms with van der Waals surface area (Å²) in [7, 11) is 1.57. The number of nitrogens with one attached hydrogen (secondary N) is 2. The molecule has 1 fully saturated rings. The molecule has 3 rings (SSSR count). The van der Waals surface area contributed by atoms with Crippen molar-refractivity contribution in [3.8, 4) is 5.75 Å². The number of anilines is 1. The molecule has 5 nitrogen and oxygen atoms in total. The van der Waals surface area contributed by atoms with E-state index in [4.69, 9.17) is 9.47 Å². The molecule has 1 saturated heterocycles. The molecule has 0 aliphatic carbocycles. The number of benzene rings is 2. The Bertz CT molecular complexity index is 728. The molecule has 0 bridgehead atoms. The highest BCUT2D eigenvalue weighted by Crippen LogP contribution is 2.32. The Hall–Kier alpha value is -2.60. The van der Waals surface area contributed by atoms with Crippen molar-refractivity contribution in [3.05, 3.63) is 59.9 Å². The normalized spacial score (nSPS) is 16.1. The topological polar surface area (TPSA) is 59.6 Å². The molecule has 1 aliphatic rings. The summed E-state index contributed by atoms with van der Waals surface area (Å²) in [5.74, 6) is 0.365. The summed E-state index contributed by atoms with van der Waals surface area (Å²) in [6.07, 6.45) is 1.26. The number of urea groups is 1. The third-order valence-electron chi connectivity index (χ3n) is 4.42. The van der Waals surface area contributed by atoms with E-state index < -0.39 is 5.54 Å². The number of carbonyl (C=O) groups is 1. The van der Waals surface area contributed by atoms with Crippen LogP contribution < -0.4 is 15.4 Å². The molecule has 6 heteroatoms. The van der Waals surface area contributed by atoms with E-state index in [2.05, 4.69) is 10.6 Å². The predicted octanol–water partition coefficient (Wildman–Crippen LogP) is 3.66. The summed E-state index contributed by atoms with van der Waals surface area (Å²) < 4.78 is 23.9. The largest absolute Gasteiger partial charge is 0.497 e. The maximum Gasteiger partial charge on any atom is 0.319 e. The van der Waals surface area contributed by atoms with Crippen molar-refractivity contribution >= 4 is 11.7 Å². The molecule has 0 saturated carbocycles. The molecular formula is C19H21FN2O3. The van der Waals surface area contributed by atoms with Crippen LogP contribution in [-0.4, -0.2) is 26.4 Å². The van der Waals surface area contributed by atoms with Gasteiger partial charge in [-0.25, -0.2) is 9.18 Å². The lowest BCUT2D eigenvalue weighted by Gasteiger charge is -2.38. The standard InChI is InChI=1S/C19H21FN2O3/c1-24-17-4-2-3-16(13-17)21-18(23)22-19(9-11-25-12-10-19)14-5-7-15(20)8-6-14/h2-8,13H,9-12H2,1H3,(H2,21,22,23). The van der Waals surface area contributed by atoms with Gasteiger partial charge in [-0.3, -0.25) is 0 Å². The predicted molar refractivity (Wildman–Crippen MR) is 93.3 cm³/mol. The number of halogens is 1. The van der Waals surface area contributed by atoms with E-state index in [9.17, 15) is 9.18 Å². The van der Waals surface area contributed by atoms with Gasteiger partial charge in [0, 0.05) is 25.0 Å². The molecule has 0 unspecified atom stereocenters. The molecule has 2 N–H and O–H groups in total. The maximum absolute atomic E-state index is 13.3. The Labute approximate surface area is 146 Å². The number of carbonyl (C=O) groups excluding carboxylic acids is 1. The lowest BCUT2D eigenvalue weighted by atomic mass is 9.83. The van der Waals surface area contributed by atoms with Crippen LogP contribution in [0.25, 0.3) is 0 Å². The molecule has 25 heavy (non-hydrogen) atoms. The van der Waals surface area contributed by atoms with Crippen LogP contribution in [0.4, 0.5) is 14.9 Å². The van der Waals surface area contributed by atoms with Gasteiger partial charge in [0.05, 0.1) is 12.6 Å². The zero-order valence-corrected chi connectivity index (χ0v) is 14.0. The van der Waals surface area contributed by atoms with Crippen molar-refractivity contribution in [3.63, 3.8) is 0 Å². The molecule has 0 aromatic heterocycles. The maximum atomic E-state index is 13.3. The molecule has 2 aromatic rings. The highest BCUT2D eigenvalue weighted by Gasteiger charge is 2.36. The van der Waals surface area contributed by atoms with Crippen LogP contribution in [0, 0.1) is 5.82 Å². The van der Waals surface area contributed by atoms with Gasteiger partial charge in [-0.1, -0.05) is 18.2 Å². The molecule has 2 aromatic carbocycles. The SMILES string of the molecule is COc1cccc(NC(=O)NC2(c3ccc(F)cc3)CCOCC2)c1. The second kappa shape index (κ2) is 7.53. The summed E-state index contributed by atoms with van der Waals surface area (Å²) in [6.45, 7) is 1.08. The highest BCUT2D eigenvalue weighted by atomic mass is 19.1. The zero-order valence-electron chi connectivity index (χ0n) is 14.0. The van der Waals surface area contributed by atoms with Gasteiger partial charge in [0.15, 0.2) is 0 Å². The number of hydrogen-bond donors (Lipinski definition) is 2. The molecule has 1 heterocycles. The van der Waals surface area contributed by atoms with Crippen LogP contribution >= 0.6 is 0 Å². The quantitative estimate of drug-likeness (QED) is 0.890. The third kappa shape index (κ3) is 4.09. The van der Waals surface area contributed by atoms with Gasteiger partial charge >= 0.3 is 6.03 Å². The smallest absolute Gasteiger partial charge is 0.319 e. The summed E-state index contributed by atoms with van der Waals surface area (Å²) in [4.78, 5) is 12.5. The number of amides is 2. The minimum atomic E-state index is -0.575. The van der Waals surface area contributed by atoms with E-state index in [0.29, 0.717) is 37.5 Å². The first-order chi connectivity index (χ1) is 12.1. The Kier molecular flexibility index (Phi) is 5.19. The molecule has 132 valence electrons.